The largest absolute Gasteiger partial charge is 0.469 e. The van der Waals surface area contributed by atoms with E-state index in [0.29, 0.717) is 6.42 Å². The number of carbonyl (C=O) groups excluding carboxylic acids is 1. The predicted molar refractivity (Wildman–Crippen MR) is 82.2 cm³/mol. The van der Waals surface area contributed by atoms with Crippen LogP contribution in [0.2, 0.25) is 0 Å². The highest BCUT2D eigenvalue weighted by molar-refractivity contribution is 7.89. The summed E-state index contributed by atoms with van der Waals surface area (Å²) in [5.74, 6) is -0.321. The monoisotopic (exact) mass is 343 g/mol. The Morgan fingerprint density at radius 3 is 2.30 bits per heavy atom. The number of β-amino-alcohol motifs (C(OH)–C–C–N with tert-alkyl or cyclic N) is 2. The van der Waals surface area contributed by atoms with Gasteiger partial charge < -0.3 is 14.9 Å². The van der Waals surface area contributed by atoms with Crippen LogP contribution < -0.4 is 0 Å². The molecule has 1 aliphatic heterocycles. The maximum absolute atomic E-state index is 12.5. The van der Waals surface area contributed by atoms with Crippen molar-refractivity contribution < 1.29 is 28.2 Å². The van der Waals surface area contributed by atoms with E-state index in [1.54, 1.807) is 12.1 Å². The van der Waals surface area contributed by atoms with Gasteiger partial charge in [0.15, 0.2) is 0 Å². The van der Waals surface area contributed by atoms with E-state index in [1.165, 1.54) is 19.2 Å². The van der Waals surface area contributed by atoms with Crippen LogP contribution in [0, 0.1) is 0 Å². The van der Waals surface area contributed by atoms with Gasteiger partial charge in [-0.1, -0.05) is 12.1 Å². The van der Waals surface area contributed by atoms with Crippen molar-refractivity contribution in [1.82, 2.24) is 4.31 Å². The van der Waals surface area contributed by atoms with Crippen molar-refractivity contribution in [1.29, 1.82) is 0 Å². The van der Waals surface area contributed by atoms with Crippen molar-refractivity contribution in [3.63, 3.8) is 0 Å². The molecule has 0 radical (unpaired) electrons. The van der Waals surface area contributed by atoms with Crippen LogP contribution >= 0.6 is 0 Å². The molecule has 0 bridgehead atoms. The van der Waals surface area contributed by atoms with Crippen LogP contribution in [0.1, 0.15) is 18.4 Å². The first-order valence-corrected chi connectivity index (χ1v) is 8.79. The number of sulfonamides is 1. The summed E-state index contributed by atoms with van der Waals surface area (Å²) in [4.78, 5) is 11.2. The van der Waals surface area contributed by atoms with E-state index in [0.717, 1.165) is 9.87 Å². The molecular formula is C15H21NO6S. The van der Waals surface area contributed by atoms with Gasteiger partial charge in [-0.05, 0) is 24.1 Å². The Kier molecular flexibility index (Phi) is 5.74. The van der Waals surface area contributed by atoms with Gasteiger partial charge in [0, 0.05) is 25.9 Å². The number of hydrogen-bond acceptors (Lipinski definition) is 6. The average molecular weight is 343 g/mol. The highest BCUT2D eigenvalue weighted by Gasteiger charge is 2.33. The van der Waals surface area contributed by atoms with Gasteiger partial charge >= 0.3 is 5.97 Å². The van der Waals surface area contributed by atoms with Crippen LogP contribution in [0.5, 0.6) is 0 Å². The third kappa shape index (κ3) is 4.51. The number of methoxy groups -OCH3 is 1. The third-order valence-corrected chi connectivity index (χ3v) is 5.63. The minimum atomic E-state index is -3.76. The fourth-order valence-corrected chi connectivity index (χ4v) is 4.04. The molecule has 7 nitrogen and oxygen atoms in total. The van der Waals surface area contributed by atoms with E-state index in [9.17, 15) is 23.4 Å². The number of piperidine rings is 1. The van der Waals surface area contributed by atoms with E-state index in [2.05, 4.69) is 4.74 Å². The van der Waals surface area contributed by atoms with E-state index in [1.807, 2.05) is 0 Å². The fraction of sp³-hybridized carbons (Fsp3) is 0.533. The summed E-state index contributed by atoms with van der Waals surface area (Å²) in [5, 5.41) is 19.3. The Bertz CT molecular complexity index is 632. The minimum absolute atomic E-state index is 0.0243. The van der Waals surface area contributed by atoms with Gasteiger partial charge in [-0.3, -0.25) is 4.79 Å². The zero-order valence-electron chi connectivity index (χ0n) is 12.9. The van der Waals surface area contributed by atoms with Crippen molar-refractivity contribution >= 4 is 16.0 Å². The first kappa shape index (κ1) is 17.9. The lowest BCUT2D eigenvalue weighted by molar-refractivity contribution is -0.140. The number of ether oxygens (including phenoxy) is 1. The van der Waals surface area contributed by atoms with Crippen molar-refractivity contribution in [2.45, 2.75) is 36.4 Å². The van der Waals surface area contributed by atoms with Crippen LogP contribution in [-0.4, -0.2) is 61.3 Å². The van der Waals surface area contributed by atoms with Crippen LogP contribution in [-0.2, 0) is 26.0 Å². The normalized spacial score (nSPS) is 22.7. The molecule has 1 heterocycles. The third-order valence-electron chi connectivity index (χ3n) is 3.78. The van der Waals surface area contributed by atoms with Gasteiger partial charge in [-0.2, -0.15) is 4.31 Å². The molecular weight excluding hydrogens is 322 g/mol. The maximum atomic E-state index is 12.5. The fourth-order valence-electron chi connectivity index (χ4n) is 2.53. The van der Waals surface area contributed by atoms with Crippen LogP contribution in [0.25, 0.3) is 0 Å². The molecule has 0 amide bonds. The summed E-state index contributed by atoms with van der Waals surface area (Å²) in [6.07, 6.45) is -0.861. The number of aryl methyl sites for hydroxylation is 1. The SMILES string of the molecule is COC(=O)CCc1ccc(S(=O)(=O)N2C[C@H](O)C[C@@H](O)C2)cc1. The number of carbonyl (C=O) groups is 1. The highest BCUT2D eigenvalue weighted by Crippen LogP contribution is 2.21. The molecule has 0 aromatic heterocycles. The molecule has 0 saturated carbocycles. The maximum Gasteiger partial charge on any atom is 0.305 e. The molecule has 1 aromatic carbocycles. The predicted octanol–water partition coefficient (Wildman–Crippen LogP) is -0.0916. The van der Waals surface area contributed by atoms with Crippen molar-refractivity contribution in [3.8, 4) is 0 Å². The Labute approximate surface area is 135 Å². The van der Waals surface area contributed by atoms with Gasteiger partial charge in [-0.15, -0.1) is 0 Å². The van der Waals surface area contributed by atoms with Gasteiger partial charge in [-0.25, -0.2) is 8.42 Å². The molecule has 0 spiro atoms. The summed E-state index contributed by atoms with van der Waals surface area (Å²) >= 11 is 0. The summed E-state index contributed by atoms with van der Waals surface area (Å²) < 4.78 is 30.7. The number of rotatable bonds is 5. The van der Waals surface area contributed by atoms with Crippen LogP contribution in [0.4, 0.5) is 0 Å². The summed E-state index contributed by atoms with van der Waals surface area (Å²) in [7, 11) is -2.44. The molecule has 0 unspecified atom stereocenters. The number of benzene rings is 1. The molecule has 1 saturated heterocycles. The molecule has 1 fully saturated rings. The van der Waals surface area contributed by atoms with Crippen LogP contribution in [0.15, 0.2) is 29.2 Å². The summed E-state index contributed by atoms with van der Waals surface area (Å²) in [6.45, 7) is -0.0486. The minimum Gasteiger partial charge on any atom is -0.469 e. The second kappa shape index (κ2) is 7.39. The number of nitrogens with zero attached hydrogens (tertiary/aromatic N) is 1. The van der Waals surface area contributed by atoms with Crippen molar-refractivity contribution in [3.05, 3.63) is 29.8 Å². The van der Waals surface area contributed by atoms with Gasteiger partial charge in [0.2, 0.25) is 10.0 Å². The molecule has 2 N–H and O–H groups in total. The standard InChI is InChI=1S/C15H21NO6S/c1-22-15(19)7-4-11-2-5-14(6-3-11)23(20,21)16-9-12(17)8-13(18)10-16/h2-3,5-6,12-13,17-18H,4,7-10H2,1H3/t12-,13-/m1/s1. The first-order valence-electron chi connectivity index (χ1n) is 7.35. The molecule has 2 atom stereocenters. The number of hydrogen-bond donors (Lipinski definition) is 2. The smallest absolute Gasteiger partial charge is 0.305 e. The Morgan fingerprint density at radius 1 is 1.22 bits per heavy atom. The molecule has 1 aliphatic rings. The number of aliphatic hydroxyl groups excluding tert-OH is 2. The Balaban J connectivity index is 2.09. The molecule has 23 heavy (non-hydrogen) atoms. The Morgan fingerprint density at radius 2 is 1.78 bits per heavy atom. The quantitative estimate of drug-likeness (QED) is 0.724. The zero-order valence-corrected chi connectivity index (χ0v) is 13.7. The zero-order chi connectivity index (χ0) is 17.0. The average Bonchev–Trinajstić information content (AvgIpc) is 2.52. The lowest BCUT2D eigenvalue weighted by atomic mass is 10.1. The van der Waals surface area contributed by atoms with Gasteiger partial charge in [0.1, 0.15) is 0 Å². The molecule has 128 valence electrons. The molecule has 0 aliphatic carbocycles. The first-order chi connectivity index (χ1) is 10.8. The topological polar surface area (TPSA) is 104 Å². The second-order valence-corrected chi connectivity index (χ2v) is 7.52. The molecule has 1 aromatic rings. The van der Waals surface area contributed by atoms with Crippen molar-refractivity contribution in [2.24, 2.45) is 0 Å². The molecule has 2 rings (SSSR count). The summed E-state index contributed by atoms with van der Waals surface area (Å²) in [5.41, 5.74) is 0.827. The van der Waals surface area contributed by atoms with E-state index < -0.39 is 22.2 Å². The van der Waals surface area contributed by atoms with E-state index in [4.69, 9.17) is 0 Å². The van der Waals surface area contributed by atoms with Gasteiger partial charge in [0.25, 0.3) is 0 Å². The second-order valence-electron chi connectivity index (χ2n) is 5.59. The Hall–Kier alpha value is -1.48. The highest BCUT2D eigenvalue weighted by atomic mass is 32.2. The van der Waals surface area contributed by atoms with E-state index >= 15 is 0 Å². The molecule has 8 heteroatoms. The lowest BCUT2D eigenvalue weighted by Crippen LogP contribution is -2.48. The number of aliphatic hydroxyl groups is 2. The lowest BCUT2D eigenvalue weighted by Gasteiger charge is -2.32. The summed E-state index contributed by atoms with van der Waals surface area (Å²) in [6, 6.07) is 6.23. The van der Waals surface area contributed by atoms with Gasteiger partial charge in [0.05, 0.1) is 24.2 Å². The van der Waals surface area contributed by atoms with E-state index in [-0.39, 0.29) is 36.8 Å². The van der Waals surface area contributed by atoms with Crippen LogP contribution in [0.3, 0.4) is 0 Å². The number of esters is 1. The van der Waals surface area contributed by atoms with Crippen molar-refractivity contribution in [2.75, 3.05) is 20.2 Å².